The largest absolute Gasteiger partial charge is 0.418 e. The number of benzene rings is 2. The lowest BCUT2D eigenvalue weighted by Crippen LogP contribution is -2.40. The molecule has 0 saturated heterocycles. The van der Waals surface area contributed by atoms with E-state index in [1.807, 2.05) is 30.3 Å². The number of ketones is 1. The molecular weight excluding hydrogens is 479 g/mol. The molecule has 1 aromatic heterocycles. The van der Waals surface area contributed by atoms with Crippen LogP contribution in [0.5, 0.6) is 0 Å². The first-order valence-corrected chi connectivity index (χ1v) is 12.0. The Morgan fingerprint density at radius 2 is 1.65 bits per heavy atom. The quantitative estimate of drug-likeness (QED) is 0.453. The zero-order chi connectivity index (χ0) is 26.2. The van der Waals surface area contributed by atoms with E-state index in [4.69, 9.17) is 4.99 Å². The van der Waals surface area contributed by atoms with E-state index in [1.165, 1.54) is 18.2 Å². The van der Waals surface area contributed by atoms with Gasteiger partial charge in [0.2, 0.25) is 5.91 Å². The average Bonchev–Trinajstić information content (AvgIpc) is 2.88. The molecule has 1 amide bonds. The Morgan fingerprint density at radius 3 is 2.35 bits per heavy atom. The predicted molar refractivity (Wildman–Crippen MR) is 134 cm³/mol. The normalized spacial score (nSPS) is 21.8. The van der Waals surface area contributed by atoms with Crippen LogP contribution in [0.3, 0.4) is 0 Å². The molecule has 1 N–H and O–H groups in total. The van der Waals surface area contributed by atoms with Crippen molar-refractivity contribution in [1.82, 2.24) is 4.98 Å². The lowest BCUT2D eigenvalue weighted by atomic mass is 9.69. The molecule has 2 heterocycles. The van der Waals surface area contributed by atoms with E-state index in [-0.39, 0.29) is 23.8 Å². The fourth-order valence-corrected chi connectivity index (χ4v) is 5.33. The Labute approximate surface area is 212 Å². The summed E-state index contributed by atoms with van der Waals surface area (Å²) in [6.45, 7) is 1.68. The highest BCUT2D eigenvalue weighted by Gasteiger charge is 2.44. The number of hydrogen-bond acceptors (Lipinski definition) is 4. The van der Waals surface area contributed by atoms with Gasteiger partial charge in [-0.15, -0.1) is 0 Å². The molecule has 5 nitrogen and oxygen atoms in total. The SMILES string of the molecule is CC1=NC2=C(C(=O)C[C@H](c3ccccc3)C2)[C@@H](c2cccnc2)C1C(=O)Nc1ccccc1C(F)(F)F. The maximum absolute atomic E-state index is 13.6. The maximum atomic E-state index is 13.6. The Morgan fingerprint density at radius 1 is 0.946 bits per heavy atom. The van der Waals surface area contributed by atoms with Crippen molar-refractivity contribution in [3.8, 4) is 0 Å². The average molecular weight is 504 g/mol. The zero-order valence-electron chi connectivity index (χ0n) is 20.0. The number of rotatable bonds is 4. The molecule has 2 aromatic carbocycles. The summed E-state index contributed by atoms with van der Waals surface area (Å²) in [4.78, 5) is 36.1. The number of carbonyl (C=O) groups is 2. The fraction of sp³-hybridized carbons (Fsp3) is 0.241. The Bertz CT molecular complexity index is 1400. The third-order valence-electron chi connectivity index (χ3n) is 6.98. The van der Waals surface area contributed by atoms with Gasteiger partial charge in [-0.2, -0.15) is 13.2 Å². The molecule has 8 heteroatoms. The maximum Gasteiger partial charge on any atom is 0.418 e. The van der Waals surface area contributed by atoms with E-state index in [9.17, 15) is 22.8 Å². The van der Waals surface area contributed by atoms with Crippen LogP contribution in [0, 0.1) is 5.92 Å². The molecule has 0 bridgehead atoms. The number of allylic oxidation sites excluding steroid dienone is 2. The molecule has 2 aliphatic rings. The molecule has 0 fully saturated rings. The van der Waals surface area contributed by atoms with E-state index in [1.54, 1.807) is 31.5 Å². The molecule has 1 aliphatic heterocycles. The van der Waals surface area contributed by atoms with Crippen molar-refractivity contribution in [2.24, 2.45) is 10.9 Å². The number of anilines is 1. The summed E-state index contributed by atoms with van der Waals surface area (Å²) < 4.78 is 40.7. The van der Waals surface area contributed by atoms with Crippen LogP contribution in [0.25, 0.3) is 0 Å². The van der Waals surface area contributed by atoms with Gasteiger partial charge in [-0.3, -0.25) is 19.6 Å². The molecule has 0 radical (unpaired) electrons. The minimum Gasteiger partial charge on any atom is -0.325 e. The van der Waals surface area contributed by atoms with Gasteiger partial charge >= 0.3 is 6.18 Å². The van der Waals surface area contributed by atoms with Gasteiger partial charge in [0.15, 0.2) is 5.78 Å². The van der Waals surface area contributed by atoms with E-state index in [2.05, 4.69) is 10.3 Å². The van der Waals surface area contributed by atoms with Crippen LogP contribution < -0.4 is 5.32 Å². The van der Waals surface area contributed by atoms with Crippen molar-refractivity contribution < 1.29 is 22.8 Å². The highest BCUT2D eigenvalue weighted by atomic mass is 19.4. The summed E-state index contributed by atoms with van der Waals surface area (Å²) >= 11 is 0. The van der Waals surface area contributed by atoms with Crippen LogP contribution in [0.1, 0.15) is 48.3 Å². The van der Waals surface area contributed by atoms with Gasteiger partial charge in [-0.05, 0) is 48.6 Å². The first-order valence-electron chi connectivity index (χ1n) is 12.0. The van der Waals surface area contributed by atoms with Crippen LogP contribution >= 0.6 is 0 Å². The number of para-hydroxylation sites is 1. The first kappa shape index (κ1) is 24.6. The lowest BCUT2D eigenvalue weighted by molar-refractivity contribution is -0.137. The van der Waals surface area contributed by atoms with Gasteiger partial charge in [0.1, 0.15) is 0 Å². The predicted octanol–water partition coefficient (Wildman–Crippen LogP) is 6.31. The van der Waals surface area contributed by atoms with Crippen molar-refractivity contribution in [3.05, 3.63) is 107 Å². The summed E-state index contributed by atoms with van der Waals surface area (Å²) in [5.41, 5.74) is 1.90. The van der Waals surface area contributed by atoms with Gasteiger partial charge in [-0.25, -0.2) is 0 Å². The molecule has 3 atom stereocenters. The van der Waals surface area contributed by atoms with Gasteiger partial charge in [-0.1, -0.05) is 48.5 Å². The fourth-order valence-electron chi connectivity index (χ4n) is 5.33. The zero-order valence-corrected chi connectivity index (χ0v) is 20.0. The van der Waals surface area contributed by atoms with Crippen molar-refractivity contribution in [2.75, 3.05) is 5.32 Å². The van der Waals surface area contributed by atoms with Crippen LogP contribution in [-0.4, -0.2) is 22.4 Å². The van der Waals surface area contributed by atoms with Crippen molar-refractivity contribution in [2.45, 2.75) is 37.8 Å². The number of pyridine rings is 1. The van der Waals surface area contributed by atoms with Crippen molar-refractivity contribution in [3.63, 3.8) is 0 Å². The minimum absolute atomic E-state index is 0.0393. The summed E-state index contributed by atoms with van der Waals surface area (Å²) in [6.07, 6.45) is -0.659. The highest BCUT2D eigenvalue weighted by molar-refractivity contribution is 6.13. The van der Waals surface area contributed by atoms with Crippen LogP contribution in [0.15, 0.2) is 95.4 Å². The third kappa shape index (κ3) is 4.83. The van der Waals surface area contributed by atoms with Gasteiger partial charge in [0.25, 0.3) is 0 Å². The summed E-state index contributed by atoms with van der Waals surface area (Å²) in [7, 11) is 0. The molecular formula is C29H24F3N3O2. The molecule has 188 valence electrons. The number of carbonyl (C=O) groups excluding carboxylic acids is 2. The molecule has 0 spiro atoms. The number of Topliss-reactive ketones (excluding diaryl/α,β-unsaturated/α-hetero) is 1. The Kier molecular flexibility index (Phi) is 6.50. The molecule has 5 rings (SSSR count). The number of alkyl halides is 3. The van der Waals surface area contributed by atoms with Crippen molar-refractivity contribution >= 4 is 23.1 Å². The monoisotopic (exact) mass is 503 g/mol. The number of nitrogens with one attached hydrogen (secondary N) is 1. The van der Waals surface area contributed by atoms with E-state index >= 15 is 0 Å². The van der Waals surface area contributed by atoms with Crippen LogP contribution in [-0.2, 0) is 15.8 Å². The Balaban J connectivity index is 1.55. The second kappa shape index (κ2) is 9.76. The molecule has 3 aromatic rings. The number of aliphatic imine (C=N–C) groups is 1. The third-order valence-corrected chi connectivity index (χ3v) is 6.98. The molecule has 1 aliphatic carbocycles. The standard InChI is InChI=1S/C29H24F3N3O2/c1-17-25(28(37)35-22-12-6-5-11-21(22)29(30,31)32)26(19-10-7-13-33-16-19)27-23(34-17)14-20(15-24(27)36)18-8-3-2-4-9-18/h2-13,16,20,25-26H,14-15H2,1H3,(H,35,37)/t20-,25?,26+/m1/s1. The van der Waals surface area contributed by atoms with Gasteiger partial charge in [0, 0.05) is 41.7 Å². The summed E-state index contributed by atoms with van der Waals surface area (Å²) in [5, 5.41) is 2.47. The topological polar surface area (TPSA) is 71.4 Å². The van der Waals surface area contributed by atoms with Crippen LogP contribution in [0.2, 0.25) is 0 Å². The number of nitrogens with zero attached hydrogens (tertiary/aromatic N) is 2. The van der Waals surface area contributed by atoms with Gasteiger partial charge < -0.3 is 5.32 Å². The minimum atomic E-state index is -4.64. The molecule has 37 heavy (non-hydrogen) atoms. The smallest absolute Gasteiger partial charge is 0.325 e. The molecule has 0 saturated carbocycles. The number of amides is 1. The molecule has 1 unspecified atom stereocenters. The Hall–Kier alpha value is -4.07. The van der Waals surface area contributed by atoms with E-state index < -0.39 is 29.5 Å². The lowest BCUT2D eigenvalue weighted by Gasteiger charge is -2.37. The summed E-state index contributed by atoms with van der Waals surface area (Å²) in [5.74, 6) is -2.49. The number of aromatic nitrogens is 1. The number of hydrogen-bond donors (Lipinski definition) is 1. The van der Waals surface area contributed by atoms with Gasteiger partial charge in [0.05, 0.1) is 17.2 Å². The van der Waals surface area contributed by atoms with E-state index in [0.29, 0.717) is 29.0 Å². The second-order valence-electron chi connectivity index (χ2n) is 9.33. The summed E-state index contributed by atoms with van der Waals surface area (Å²) in [6, 6.07) is 18.1. The van der Waals surface area contributed by atoms with Crippen molar-refractivity contribution in [1.29, 1.82) is 0 Å². The second-order valence-corrected chi connectivity index (χ2v) is 9.33. The number of halogens is 3. The first-order chi connectivity index (χ1) is 17.7. The van der Waals surface area contributed by atoms with Crippen LogP contribution in [0.4, 0.5) is 18.9 Å². The highest BCUT2D eigenvalue weighted by Crippen LogP contribution is 2.47. The van der Waals surface area contributed by atoms with E-state index in [0.717, 1.165) is 11.6 Å².